The molecule has 0 atom stereocenters. The van der Waals surface area contributed by atoms with Crippen molar-refractivity contribution >= 4 is 12.1 Å². The molecule has 0 saturated carbocycles. The second-order valence-electron chi connectivity index (χ2n) is 6.22. The Morgan fingerprint density at radius 1 is 0.852 bits per heavy atom. The van der Waals surface area contributed by atoms with Gasteiger partial charge in [-0.05, 0) is 49.1 Å². The van der Waals surface area contributed by atoms with Gasteiger partial charge in [-0.1, -0.05) is 44.9 Å². The summed E-state index contributed by atoms with van der Waals surface area (Å²) >= 11 is 0. The van der Waals surface area contributed by atoms with Gasteiger partial charge in [0.05, 0.1) is 12.2 Å². The molecule has 0 aliphatic rings. The van der Waals surface area contributed by atoms with E-state index in [1.165, 1.54) is 11.6 Å². The van der Waals surface area contributed by atoms with E-state index >= 15 is 0 Å². The molecule has 0 aliphatic carbocycles. The van der Waals surface area contributed by atoms with E-state index in [-0.39, 0.29) is 5.75 Å². The summed E-state index contributed by atoms with van der Waals surface area (Å²) in [5.74, 6) is 0.102. The van der Waals surface area contributed by atoms with E-state index in [0.29, 0.717) is 17.9 Å². The molecule has 0 N–H and O–H groups in total. The van der Waals surface area contributed by atoms with E-state index in [0.717, 1.165) is 32.1 Å². The first kappa shape index (κ1) is 20.5. The van der Waals surface area contributed by atoms with Gasteiger partial charge in [0.15, 0.2) is 0 Å². The van der Waals surface area contributed by atoms with Crippen molar-refractivity contribution in [2.45, 2.75) is 46.0 Å². The lowest BCUT2D eigenvalue weighted by atomic mass is 10.1. The van der Waals surface area contributed by atoms with Crippen LogP contribution in [0.25, 0.3) is 0 Å². The largest absolute Gasteiger partial charge is 0.513 e. The van der Waals surface area contributed by atoms with Gasteiger partial charge in [-0.15, -0.1) is 0 Å². The molecule has 0 aliphatic heterocycles. The lowest BCUT2D eigenvalue weighted by Gasteiger charge is -2.08. The fourth-order valence-electron chi connectivity index (χ4n) is 2.38. The fourth-order valence-corrected chi connectivity index (χ4v) is 2.38. The molecular formula is C22H26O5. The number of unbranched alkanes of at least 4 members (excludes halogenated alkanes) is 2. The van der Waals surface area contributed by atoms with E-state index in [1.54, 1.807) is 30.3 Å². The second-order valence-corrected chi connectivity index (χ2v) is 6.22. The Kier molecular flexibility index (Phi) is 8.36. The maximum Gasteiger partial charge on any atom is 0.513 e. The van der Waals surface area contributed by atoms with Crippen molar-refractivity contribution in [2.75, 3.05) is 6.61 Å². The number of rotatable bonds is 9. The van der Waals surface area contributed by atoms with Crippen LogP contribution in [0.2, 0.25) is 0 Å². The zero-order valence-corrected chi connectivity index (χ0v) is 15.9. The highest BCUT2D eigenvalue weighted by molar-refractivity contribution is 5.91. The van der Waals surface area contributed by atoms with Gasteiger partial charge in [-0.3, -0.25) is 0 Å². The zero-order chi connectivity index (χ0) is 19.5. The highest BCUT2D eigenvalue weighted by Crippen LogP contribution is 2.21. The fraction of sp³-hybridized carbons (Fsp3) is 0.364. The van der Waals surface area contributed by atoms with Crippen LogP contribution < -0.4 is 9.47 Å². The number of carbonyl (C=O) groups is 2. The minimum atomic E-state index is -0.769. The van der Waals surface area contributed by atoms with Crippen LogP contribution in [0.3, 0.4) is 0 Å². The predicted molar refractivity (Wildman–Crippen MR) is 103 cm³/mol. The van der Waals surface area contributed by atoms with Gasteiger partial charge in [0.1, 0.15) is 11.5 Å². The molecule has 0 unspecified atom stereocenters. The molecule has 5 heteroatoms. The number of ether oxygens (including phenoxy) is 3. The van der Waals surface area contributed by atoms with Crippen molar-refractivity contribution in [2.24, 2.45) is 0 Å². The summed E-state index contributed by atoms with van der Waals surface area (Å²) in [6.45, 7) is 4.47. The van der Waals surface area contributed by atoms with Gasteiger partial charge < -0.3 is 14.2 Å². The Morgan fingerprint density at radius 3 is 2.19 bits per heavy atom. The third kappa shape index (κ3) is 7.13. The Labute approximate surface area is 160 Å². The smallest absolute Gasteiger partial charge is 0.434 e. The van der Waals surface area contributed by atoms with E-state index < -0.39 is 12.1 Å². The van der Waals surface area contributed by atoms with Crippen molar-refractivity contribution in [3.05, 3.63) is 59.7 Å². The Bertz CT molecular complexity index is 737. The van der Waals surface area contributed by atoms with E-state index in [1.807, 2.05) is 19.1 Å². The Morgan fingerprint density at radius 2 is 1.52 bits per heavy atom. The maximum atomic E-state index is 12.3. The molecule has 0 fully saturated rings. The van der Waals surface area contributed by atoms with Crippen molar-refractivity contribution in [3.63, 3.8) is 0 Å². The summed E-state index contributed by atoms with van der Waals surface area (Å²) in [6, 6.07) is 13.8. The van der Waals surface area contributed by atoms with Crippen LogP contribution in [-0.2, 0) is 11.2 Å². The minimum Gasteiger partial charge on any atom is -0.434 e. The zero-order valence-electron chi connectivity index (χ0n) is 15.9. The third-order valence-corrected chi connectivity index (χ3v) is 3.94. The van der Waals surface area contributed by atoms with Crippen LogP contribution in [0.1, 0.15) is 55.5 Å². The van der Waals surface area contributed by atoms with Gasteiger partial charge in [0, 0.05) is 6.07 Å². The van der Waals surface area contributed by atoms with Crippen LogP contribution in [0, 0.1) is 0 Å². The van der Waals surface area contributed by atoms with Crippen LogP contribution in [0.5, 0.6) is 11.5 Å². The van der Waals surface area contributed by atoms with Gasteiger partial charge in [-0.25, -0.2) is 9.59 Å². The van der Waals surface area contributed by atoms with Crippen molar-refractivity contribution in [1.29, 1.82) is 0 Å². The topological polar surface area (TPSA) is 61.8 Å². The number of esters is 1. The van der Waals surface area contributed by atoms with Crippen LogP contribution >= 0.6 is 0 Å². The molecule has 27 heavy (non-hydrogen) atoms. The summed E-state index contributed by atoms with van der Waals surface area (Å²) in [5, 5.41) is 0. The van der Waals surface area contributed by atoms with Crippen molar-refractivity contribution in [1.82, 2.24) is 0 Å². The first-order valence-electron chi connectivity index (χ1n) is 9.38. The number of hydrogen-bond donors (Lipinski definition) is 0. The molecule has 0 aromatic heterocycles. The molecule has 0 radical (unpaired) electrons. The van der Waals surface area contributed by atoms with E-state index in [9.17, 15) is 9.59 Å². The molecule has 0 amide bonds. The minimum absolute atomic E-state index is 0.261. The van der Waals surface area contributed by atoms with Crippen molar-refractivity contribution in [3.8, 4) is 11.5 Å². The Balaban J connectivity index is 1.92. The summed E-state index contributed by atoms with van der Waals surface area (Å²) in [5.41, 5.74) is 1.67. The van der Waals surface area contributed by atoms with Crippen LogP contribution in [0.4, 0.5) is 4.79 Å². The standard InChI is InChI=1S/C22H26O5/c1-3-5-8-17-11-13-18(14-12-17)21(23)26-19-9-7-10-20(16-19)27-22(24)25-15-6-4-2/h7,9-14,16H,3-6,8,15H2,1-2H3. The summed E-state index contributed by atoms with van der Waals surface area (Å²) in [6.07, 6.45) is 4.20. The molecule has 0 spiro atoms. The molecule has 144 valence electrons. The SMILES string of the molecule is CCCCOC(=O)Oc1cccc(OC(=O)c2ccc(CCCC)cc2)c1. The van der Waals surface area contributed by atoms with E-state index in [2.05, 4.69) is 6.92 Å². The van der Waals surface area contributed by atoms with Crippen molar-refractivity contribution < 1.29 is 23.8 Å². The first-order chi connectivity index (χ1) is 13.1. The van der Waals surface area contributed by atoms with Gasteiger partial charge in [0.2, 0.25) is 0 Å². The molecule has 5 nitrogen and oxygen atoms in total. The summed E-state index contributed by atoms with van der Waals surface area (Å²) in [4.78, 5) is 23.9. The molecule has 0 heterocycles. The maximum absolute atomic E-state index is 12.3. The average Bonchev–Trinajstić information content (AvgIpc) is 2.67. The van der Waals surface area contributed by atoms with Gasteiger partial charge in [-0.2, -0.15) is 0 Å². The number of benzene rings is 2. The predicted octanol–water partition coefficient (Wildman–Crippen LogP) is 5.56. The lowest BCUT2D eigenvalue weighted by Crippen LogP contribution is -2.12. The second kappa shape index (κ2) is 11.0. The van der Waals surface area contributed by atoms with Crippen LogP contribution in [-0.4, -0.2) is 18.7 Å². The highest BCUT2D eigenvalue weighted by atomic mass is 16.7. The number of aryl methyl sites for hydroxylation is 1. The molecular weight excluding hydrogens is 344 g/mol. The number of carbonyl (C=O) groups excluding carboxylic acids is 2. The normalized spacial score (nSPS) is 10.3. The molecule has 2 rings (SSSR count). The molecule has 2 aromatic rings. The highest BCUT2D eigenvalue weighted by Gasteiger charge is 2.11. The number of hydrogen-bond acceptors (Lipinski definition) is 5. The Hall–Kier alpha value is -2.82. The van der Waals surface area contributed by atoms with Gasteiger partial charge in [0.25, 0.3) is 0 Å². The monoisotopic (exact) mass is 370 g/mol. The summed E-state index contributed by atoms with van der Waals surface area (Å²) < 4.78 is 15.4. The van der Waals surface area contributed by atoms with Crippen LogP contribution in [0.15, 0.2) is 48.5 Å². The average molecular weight is 370 g/mol. The summed E-state index contributed by atoms with van der Waals surface area (Å²) in [7, 11) is 0. The third-order valence-electron chi connectivity index (χ3n) is 3.94. The molecule has 0 saturated heterocycles. The first-order valence-corrected chi connectivity index (χ1v) is 9.38. The molecule has 2 aromatic carbocycles. The van der Waals surface area contributed by atoms with E-state index in [4.69, 9.17) is 14.2 Å². The lowest BCUT2D eigenvalue weighted by molar-refractivity contribution is 0.0734. The van der Waals surface area contributed by atoms with Gasteiger partial charge >= 0.3 is 12.1 Å². The molecule has 0 bridgehead atoms. The quantitative estimate of drug-likeness (QED) is 0.250.